The lowest BCUT2D eigenvalue weighted by molar-refractivity contribution is -0.123. The molecular weight excluding hydrogens is 512 g/mol. The maximum absolute atomic E-state index is 12.7. The number of nitrogens with one attached hydrogen (secondary N) is 1. The normalized spacial score (nSPS) is 14.2. The Hall–Kier alpha value is -3.75. The van der Waals surface area contributed by atoms with Crippen LogP contribution in [0.2, 0.25) is 5.02 Å². The molecule has 0 aromatic heterocycles. The molecule has 1 aliphatic heterocycles. The fraction of sp³-hybridized carbons (Fsp3) is 0.179. The Balaban J connectivity index is 1.33. The molecule has 3 amide bonds. The van der Waals surface area contributed by atoms with Gasteiger partial charge in [0.05, 0.1) is 16.5 Å². The second-order valence-electron chi connectivity index (χ2n) is 8.34. The first-order valence-corrected chi connectivity index (χ1v) is 12.7. The zero-order valence-electron chi connectivity index (χ0n) is 20.3. The number of rotatable bonds is 9. The molecule has 1 heterocycles. The van der Waals surface area contributed by atoms with Crippen LogP contribution in [0.25, 0.3) is 6.08 Å². The van der Waals surface area contributed by atoms with Gasteiger partial charge in [-0.2, -0.15) is 0 Å². The number of anilines is 1. The highest BCUT2D eigenvalue weighted by Gasteiger charge is 2.34. The highest BCUT2D eigenvalue weighted by atomic mass is 35.5. The van der Waals surface area contributed by atoms with Crippen molar-refractivity contribution in [1.82, 2.24) is 4.90 Å². The van der Waals surface area contributed by atoms with Gasteiger partial charge < -0.3 is 14.8 Å². The average Bonchev–Trinajstić information content (AvgIpc) is 3.13. The summed E-state index contributed by atoms with van der Waals surface area (Å²) in [6, 6.07) is 19.9. The standard InChI is InChI=1S/C28H25ClN2O5S/c1-18-8-9-19(2)23(14-18)30-26(32)17-36-24-11-10-20(15-22(24)29)16-25-27(33)31(28(34)37-25)12-13-35-21-6-4-3-5-7-21/h3-11,14-16H,12-13,17H2,1-2H3,(H,30,32)/b25-16-. The van der Waals surface area contributed by atoms with E-state index in [4.69, 9.17) is 21.1 Å². The Kier molecular flexibility index (Phi) is 8.53. The van der Waals surface area contributed by atoms with Crippen molar-refractivity contribution in [1.29, 1.82) is 0 Å². The first-order valence-electron chi connectivity index (χ1n) is 11.5. The lowest BCUT2D eigenvalue weighted by Gasteiger charge is -2.13. The SMILES string of the molecule is Cc1ccc(C)c(NC(=O)COc2ccc(/C=C3\SC(=O)N(CCOc4ccccc4)C3=O)cc2Cl)c1. The van der Waals surface area contributed by atoms with Gasteiger partial charge in [0.25, 0.3) is 17.1 Å². The second kappa shape index (κ2) is 12.0. The van der Waals surface area contributed by atoms with Crippen LogP contribution in [0.3, 0.4) is 0 Å². The lowest BCUT2D eigenvalue weighted by atomic mass is 10.1. The highest BCUT2D eigenvalue weighted by molar-refractivity contribution is 8.18. The van der Waals surface area contributed by atoms with E-state index < -0.39 is 0 Å². The lowest BCUT2D eigenvalue weighted by Crippen LogP contribution is -2.32. The molecule has 1 N–H and O–H groups in total. The fourth-order valence-corrected chi connectivity index (χ4v) is 4.65. The topological polar surface area (TPSA) is 84.9 Å². The number of benzene rings is 3. The molecule has 3 aromatic carbocycles. The largest absolute Gasteiger partial charge is 0.492 e. The zero-order chi connectivity index (χ0) is 26.4. The van der Waals surface area contributed by atoms with Gasteiger partial charge in [-0.05, 0) is 78.7 Å². The molecule has 0 saturated carbocycles. The second-order valence-corrected chi connectivity index (χ2v) is 9.74. The summed E-state index contributed by atoms with van der Waals surface area (Å²) < 4.78 is 11.2. The maximum Gasteiger partial charge on any atom is 0.293 e. The molecule has 4 rings (SSSR count). The summed E-state index contributed by atoms with van der Waals surface area (Å²) in [6.45, 7) is 4.00. The van der Waals surface area contributed by atoms with Gasteiger partial charge in [-0.1, -0.05) is 48.0 Å². The van der Waals surface area contributed by atoms with Crippen LogP contribution in [0.15, 0.2) is 71.6 Å². The summed E-state index contributed by atoms with van der Waals surface area (Å²) in [5.74, 6) is 0.316. The number of hydrogen-bond acceptors (Lipinski definition) is 6. The molecule has 7 nitrogen and oxygen atoms in total. The number of amides is 3. The molecule has 9 heteroatoms. The highest BCUT2D eigenvalue weighted by Crippen LogP contribution is 2.33. The molecular formula is C28H25ClN2O5S. The minimum absolute atomic E-state index is 0.147. The average molecular weight is 537 g/mol. The van der Waals surface area contributed by atoms with E-state index in [1.54, 1.807) is 24.3 Å². The van der Waals surface area contributed by atoms with E-state index >= 15 is 0 Å². The van der Waals surface area contributed by atoms with Gasteiger partial charge in [0, 0.05) is 5.69 Å². The molecule has 190 valence electrons. The molecule has 0 unspecified atom stereocenters. The van der Waals surface area contributed by atoms with Gasteiger partial charge in [0.15, 0.2) is 6.61 Å². The molecule has 0 atom stereocenters. The number of para-hydroxylation sites is 1. The number of carbonyl (C=O) groups is 3. The first kappa shape index (κ1) is 26.3. The molecule has 0 aliphatic carbocycles. The van der Waals surface area contributed by atoms with Gasteiger partial charge >= 0.3 is 0 Å². The summed E-state index contributed by atoms with van der Waals surface area (Å²) >= 11 is 7.22. The Labute approximate surface area is 224 Å². The summed E-state index contributed by atoms with van der Waals surface area (Å²) in [7, 11) is 0. The van der Waals surface area contributed by atoms with Gasteiger partial charge in [0.1, 0.15) is 18.1 Å². The number of hydrogen-bond donors (Lipinski definition) is 1. The molecule has 0 bridgehead atoms. The number of halogens is 1. The number of carbonyl (C=O) groups excluding carboxylic acids is 3. The smallest absolute Gasteiger partial charge is 0.293 e. The third kappa shape index (κ3) is 6.93. The number of ether oxygens (including phenoxy) is 2. The molecule has 3 aromatic rings. The van der Waals surface area contributed by atoms with Crippen molar-refractivity contribution in [2.24, 2.45) is 0 Å². The van der Waals surface area contributed by atoms with Crippen LogP contribution in [-0.4, -0.2) is 41.7 Å². The molecule has 1 fully saturated rings. The van der Waals surface area contributed by atoms with Crippen LogP contribution < -0.4 is 14.8 Å². The van der Waals surface area contributed by atoms with Crippen molar-refractivity contribution in [3.8, 4) is 11.5 Å². The molecule has 0 spiro atoms. The van der Waals surface area contributed by atoms with Crippen molar-refractivity contribution in [3.63, 3.8) is 0 Å². The number of imide groups is 1. The summed E-state index contributed by atoms with van der Waals surface area (Å²) in [5.41, 5.74) is 3.35. The van der Waals surface area contributed by atoms with E-state index in [0.717, 1.165) is 33.5 Å². The molecule has 37 heavy (non-hydrogen) atoms. The molecule has 1 saturated heterocycles. The quantitative estimate of drug-likeness (QED) is 0.333. The predicted octanol–water partition coefficient (Wildman–Crippen LogP) is 6.09. The number of aryl methyl sites for hydroxylation is 2. The Morgan fingerprint density at radius 2 is 1.81 bits per heavy atom. The third-order valence-electron chi connectivity index (χ3n) is 5.48. The Bertz CT molecular complexity index is 1360. The van der Waals surface area contributed by atoms with Crippen molar-refractivity contribution < 1.29 is 23.9 Å². The summed E-state index contributed by atoms with van der Waals surface area (Å²) in [4.78, 5) is 38.9. The van der Waals surface area contributed by atoms with Gasteiger partial charge in [-0.25, -0.2) is 0 Å². The monoisotopic (exact) mass is 536 g/mol. The minimum atomic E-state index is -0.383. The van der Waals surface area contributed by atoms with Crippen molar-refractivity contribution in [2.45, 2.75) is 13.8 Å². The van der Waals surface area contributed by atoms with Crippen LogP contribution >= 0.6 is 23.4 Å². The van der Waals surface area contributed by atoms with E-state index in [-0.39, 0.29) is 41.8 Å². The zero-order valence-corrected chi connectivity index (χ0v) is 21.9. The van der Waals surface area contributed by atoms with E-state index in [1.807, 2.05) is 62.4 Å². The van der Waals surface area contributed by atoms with Crippen molar-refractivity contribution in [2.75, 3.05) is 25.1 Å². The van der Waals surface area contributed by atoms with Crippen molar-refractivity contribution in [3.05, 3.63) is 93.3 Å². The minimum Gasteiger partial charge on any atom is -0.492 e. The third-order valence-corrected chi connectivity index (χ3v) is 6.68. The predicted molar refractivity (Wildman–Crippen MR) is 146 cm³/mol. The van der Waals surface area contributed by atoms with Crippen LogP contribution in [-0.2, 0) is 9.59 Å². The number of thioether (sulfide) groups is 1. The summed E-state index contributed by atoms with van der Waals surface area (Å²) in [5, 5.41) is 2.76. The number of nitrogens with zero attached hydrogens (tertiary/aromatic N) is 1. The summed E-state index contributed by atoms with van der Waals surface area (Å²) in [6.07, 6.45) is 1.60. The van der Waals surface area contributed by atoms with Crippen LogP contribution in [0, 0.1) is 13.8 Å². The Morgan fingerprint density at radius 1 is 1.03 bits per heavy atom. The Morgan fingerprint density at radius 3 is 2.57 bits per heavy atom. The van der Waals surface area contributed by atoms with Crippen LogP contribution in [0.1, 0.15) is 16.7 Å². The van der Waals surface area contributed by atoms with Gasteiger partial charge in [-0.3, -0.25) is 19.3 Å². The van der Waals surface area contributed by atoms with E-state index in [9.17, 15) is 14.4 Å². The van der Waals surface area contributed by atoms with E-state index in [1.165, 1.54) is 0 Å². The maximum atomic E-state index is 12.7. The molecule has 0 radical (unpaired) electrons. The van der Waals surface area contributed by atoms with Crippen LogP contribution in [0.5, 0.6) is 11.5 Å². The van der Waals surface area contributed by atoms with Gasteiger partial charge in [0.2, 0.25) is 0 Å². The fourth-order valence-electron chi connectivity index (χ4n) is 3.54. The van der Waals surface area contributed by atoms with Crippen molar-refractivity contribution >= 4 is 52.2 Å². The van der Waals surface area contributed by atoms with Gasteiger partial charge in [-0.15, -0.1) is 0 Å². The first-order chi connectivity index (χ1) is 17.8. The molecule has 1 aliphatic rings. The van der Waals surface area contributed by atoms with E-state index in [2.05, 4.69) is 5.32 Å². The van der Waals surface area contributed by atoms with Crippen LogP contribution in [0.4, 0.5) is 10.5 Å². The van der Waals surface area contributed by atoms with E-state index in [0.29, 0.717) is 22.0 Å².